The van der Waals surface area contributed by atoms with Gasteiger partial charge in [0.15, 0.2) is 0 Å². The highest BCUT2D eigenvalue weighted by molar-refractivity contribution is 5.94. The van der Waals surface area contributed by atoms with E-state index in [1.165, 1.54) is 51.0 Å². The molecule has 4 aliphatic rings. The number of aliphatic hydroxyl groups excluding tert-OH is 1. The monoisotopic (exact) mass is 483 g/mol. The number of hydrogen-bond acceptors (Lipinski definition) is 2. The fraction of sp³-hybridized carbons (Fsp3) is 0.774. The van der Waals surface area contributed by atoms with Gasteiger partial charge in [0.2, 0.25) is 0 Å². The lowest BCUT2D eigenvalue weighted by atomic mass is 9.44. The molecule has 0 spiro atoms. The van der Waals surface area contributed by atoms with E-state index in [-0.39, 0.29) is 17.6 Å². The van der Waals surface area contributed by atoms with Crippen LogP contribution in [0.25, 0.3) is 0 Å². The van der Waals surface area contributed by atoms with Crippen molar-refractivity contribution in [2.45, 2.75) is 91.1 Å². The van der Waals surface area contributed by atoms with E-state index >= 15 is 0 Å². The van der Waals surface area contributed by atoms with Crippen LogP contribution in [0.3, 0.4) is 0 Å². The SMILES string of the molecule is C[C@H](CCN(C)C(=O)c1ccccc1F)[C@H]1CC[C@H]2[C@@H]3CC[C@H]4C[C@@H](O)CC[C@]4(C)[C@H]3CC[C@]12C. The first kappa shape index (κ1) is 25.2. The van der Waals surface area contributed by atoms with Crippen molar-refractivity contribution in [3.63, 3.8) is 0 Å². The third kappa shape index (κ3) is 4.26. The van der Waals surface area contributed by atoms with Gasteiger partial charge in [0.05, 0.1) is 11.7 Å². The van der Waals surface area contributed by atoms with Gasteiger partial charge < -0.3 is 10.0 Å². The van der Waals surface area contributed by atoms with Gasteiger partial charge in [-0.25, -0.2) is 4.39 Å². The normalized spacial score (nSPS) is 41.4. The number of benzene rings is 1. The molecule has 0 bridgehead atoms. The minimum atomic E-state index is -0.434. The van der Waals surface area contributed by atoms with E-state index in [2.05, 4.69) is 20.8 Å². The largest absolute Gasteiger partial charge is 0.393 e. The third-order valence-corrected chi connectivity index (χ3v) is 11.8. The van der Waals surface area contributed by atoms with Crippen LogP contribution < -0.4 is 0 Å². The molecule has 9 atom stereocenters. The van der Waals surface area contributed by atoms with Crippen molar-refractivity contribution in [3.05, 3.63) is 35.6 Å². The fourth-order valence-corrected chi connectivity index (χ4v) is 9.75. The number of fused-ring (bicyclic) bond motifs is 5. The topological polar surface area (TPSA) is 40.5 Å². The van der Waals surface area contributed by atoms with E-state index in [1.807, 2.05) is 7.05 Å². The molecule has 1 amide bonds. The summed E-state index contributed by atoms with van der Waals surface area (Å²) in [4.78, 5) is 14.5. The first-order valence-corrected chi connectivity index (χ1v) is 14.3. The van der Waals surface area contributed by atoms with Gasteiger partial charge in [0, 0.05) is 13.6 Å². The second-order valence-electron chi connectivity index (χ2n) is 13.3. The number of aliphatic hydroxyl groups is 1. The second kappa shape index (κ2) is 9.47. The molecule has 4 aliphatic carbocycles. The maximum absolute atomic E-state index is 14.1. The van der Waals surface area contributed by atoms with Gasteiger partial charge in [-0.1, -0.05) is 32.9 Å². The van der Waals surface area contributed by atoms with Gasteiger partial charge >= 0.3 is 0 Å². The van der Waals surface area contributed by atoms with Gasteiger partial charge in [-0.05, 0) is 123 Å². The highest BCUT2D eigenvalue weighted by atomic mass is 19.1. The van der Waals surface area contributed by atoms with Crippen molar-refractivity contribution >= 4 is 5.91 Å². The zero-order chi connectivity index (χ0) is 25.0. The van der Waals surface area contributed by atoms with E-state index < -0.39 is 5.82 Å². The summed E-state index contributed by atoms with van der Waals surface area (Å²) in [5.41, 5.74) is 1.02. The minimum Gasteiger partial charge on any atom is -0.393 e. The standard InChI is InChI=1S/C31H46FNO2/c1-20(15-18-33(4)29(35)24-7-5-6-8-28(24)32)25-11-12-26-23-10-9-21-19-22(34)13-16-30(21,2)27(23)14-17-31(25,26)3/h5-8,20-23,25-27,34H,9-19H2,1-4H3/t20-,21+,22+,23+,25-,26+,27+,30+,31-/m1/s1. The Balaban J connectivity index is 1.23. The zero-order valence-corrected chi connectivity index (χ0v) is 22.3. The lowest BCUT2D eigenvalue weighted by Crippen LogP contribution is -2.54. The quantitative estimate of drug-likeness (QED) is 0.493. The fourth-order valence-electron chi connectivity index (χ4n) is 9.75. The number of carbonyl (C=O) groups excluding carboxylic acids is 1. The molecule has 1 aromatic carbocycles. The third-order valence-electron chi connectivity index (χ3n) is 11.8. The van der Waals surface area contributed by atoms with Crippen LogP contribution in [0.5, 0.6) is 0 Å². The summed E-state index contributed by atoms with van der Waals surface area (Å²) in [6, 6.07) is 6.31. The lowest BCUT2D eigenvalue weighted by Gasteiger charge is -2.61. The number of halogens is 1. The van der Waals surface area contributed by atoms with E-state index in [0.717, 1.165) is 42.9 Å². The number of carbonyl (C=O) groups is 1. The first-order chi connectivity index (χ1) is 16.6. The summed E-state index contributed by atoms with van der Waals surface area (Å²) < 4.78 is 14.1. The Morgan fingerprint density at radius 1 is 1.06 bits per heavy atom. The Labute approximate surface area is 211 Å². The molecule has 0 heterocycles. The molecule has 194 valence electrons. The summed E-state index contributed by atoms with van der Waals surface area (Å²) in [7, 11) is 1.81. The van der Waals surface area contributed by atoms with Crippen LogP contribution >= 0.6 is 0 Å². The summed E-state index contributed by atoms with van der Waals surface area (Å²) in [6.45, 7) is 8.24. The Hall–Kier alpha value is -1.42. The molecule has 0 saturated heterocycles. The van der Waals surface area contributed by atoms with E-state index in [0.29, 0.717) is 29.2 Å². The van der Waals surface area contributed by atoms with Gasteiger partial charge in [-0.15, -0.1) is 0 Å². The number of nitrogens with zero attached hydrogens (tertiary/aromatic N) is 1. The molecular weight excluding hydrogens is 437 g/mol. The molecular formula is C31H46FNO2. The summed E-state index contributed by atoms with van der Waals surface area (Å²) in [5, 5.41) is 10.3. The predicted molar refractivity (Wildman–Crippen MR) is 138 cm³/mol. The van der Waals surface area contributed by atoms with E-state index in [4.69, 9.17) is 0 Å². The first-order valence-electron chi connectivity index (χ1n) is 14.3. The smallest absolute Gasteiger partial charge is 0.256 e. The number of hydrogen-bond donors (Lipinski definition) is 1. The molecule has 1 aromatic rings. The summed E-state index contributed by atoms with van der Waals surface area (Å²) >= 11 is 0. The maximum Gasteiger partial charge on any atom is 0.256 e. The van der Waals surface area contributed by atoms with Gasteiger partial charge in [0.25, 0.3) is 5.91 Å². The van der Waals surface area contributed by atoms with Crippen LogP contribution in [-0.4, -0.2) is 35.6 Å². The molecule has 35 heavy (non-hydrogen) atoms. The molecule has 0 radical (unpaired) electrons. The molecule has 0 aliphatic heterocycles. The highest BCUT2D eigenvalue weighted by Crippen LogP contribution is 2.68. The minimum absolute atomic E-state index is 0.0708. The number of rotatable bonds is 5. The molecule has 5 rings (SSSR count). The summed E-state index contributed by atoms with van der Waals surface area (Å²) in [6.07, 6.45) is 12.2. The molecule has 0 unspecified atom stereocenters. The highest BCUT2D eigenvalue weighted by Gasteiger charge is 2.60. The van der Waals surface area contributed by atoms with Crippen molar-refractivity contribution in [2.24, 2.45) is 46.3 Å². The van der Waals surface area contributed by atoms with E-state index in [9.17, 15) is 14.3 Å². The Morgan fingerprint density at radius 3 is 2.54 bits per heavy atom. The Morgan fingerprint density at radius 2 is 1.77 bits per heavy atom. The van der Waals surface area contributed by atoms with Gasteiger partial charge in [-0.3, -0.25) is 4.79 Å². The molecule has 4 fully saturated rings. The second-order valence-corrected chi connectivity index (χ2v) is 13.3. The van der Waals surface area contributed by atoms with Gasteiger partial charge in [0.1, 0.15) is 5.82 Å². The van der Waals surface area contributed by atoms with Crippen molar-refractivity contribution in [2.75, 3.05) is 13.6 Å². The summed E-state index contributed by atoms with van der Waals surface area (Å²) in [5.74, 6) is 3.87. The Bertz CT molecular complexity index is 934. The van der Waals surface area contributed by atoms with Gasteiger partial charge in [-0.2, -0.15) is 0 Å². The lowest BCUT2D eigenvalue weighted by molar-refractivity contribution is -0.129. The van der Waals surface area contributed by atoms with Crippen LogP contribution in [0.2, 0.25) is 0 Å². The average Bonchev–Trinajstić information content (AvgIpc) is 3.20. The van der Waals surface area contributed by atoms with Crippen LogP contribution in [0.1, 0.15) is 95.3 Å². The molecule has 0 aromatic heterocycles. The van der Waals surface area contributed by atoms with Crippen LogP contribution in [0.4, 0.5) is 4.39 Å². The number of amides is 1. The molecule has 1 N–H and O–H groups in total. The van der Waals surface area contributed by atoms with Crippen LogP contribution in [0, 0.1) is 52.2 Å². The predicted octanol–water partition coefficient (Wildman–Crippen LogP) is 6.94. The van der Waals surface area contributed by atoms with Crippen molar-refractivity contribution in [1.82, 2.24) is 4.90 Å². The molecule has 4 saturated carbocycles. The van der Waals surface area contributed by atoms with Crippen LogP contribution in [-0.2, 0) is 0 Å². The molecule has 3 nitrogen and oxygen atoms in total. The van der Waals surface area contributed by atoms with Crippen LogP contribution in [0.15, 0.2) is 24.3 Å². The molecule has 4 heteroatoms. The zero-order valence-electron chi connectivity index (χ0n) is 22.3. The van der Waals surface area contributed by atoms with E-state index in [1.54, 1.807) is 23.1 Å². The average molecular weight is 484 g/mol. The van der Waals surface area contributed by atoms with Crippen molar-refractivity contribution in [1.29, 1.82) is 0 Å². The maximum atomic E-state index is 14.1. The van der Waals surface area contributed by atoms with Crippen molar-refractivity contribution < 1.29 is 14.3 Å². The van der Waals surface area contributed by atoms with Crippen molar-refractivity contribution in [3.8, 4) is 0 Å². The Kier molecular flexibility index (Phi) is 6.83.